The second-order valence-corrected chi connectivity index (χ2v) is 8.66. The summed E-state index contributed by atoms with van der Waals surface area (Å²) < 4.78 is 0. The van der Waals surface area contributed by atoms with Crippen LogP contribution in [0.25, 0.3) is 0 Å². The molecule has 1 aromatic rings. The largest absolute Gasteiger partial charge is 0.508 e. The molecule has 0 aromatic heterocycles. The molecular weight excluding hydrogens is 492 g/mol. The van der Waals surface area contributed by atoms with Crippen LogP contribution in [0, 0.1) is 0 Å². The van der Waals surface area contributed by atoms with E-state index < -0.39 is 72.6 Å². The van der Waals surface area contributed by atoms with E-state index in [2.05, 4.69) is 10.6 Å². The summed E-state index contributed by atoms with van der Waals surface area (Å²) in [6.45, 7) is 0.154. The van der Waals surface area contributed by atoms with Crippen LogP contribution in [-0.2, 0) is 35.2 Å². The molecule has 1 aromatic carbocycles. The SMILES string of the molecule is NC(CC(=O)O)C(=O)NC(CCC(=O)O)C(=O)NC(Cc1ccc(O)cc1)C(=O)N1CCCC1C(=O)O. The van der Waals surface area contributed by atoms with Crippen molar-refractivity contribution in [3.8, 4) is 5.75 Å². The summed E-state index contributed by atoms with van der Waals surface area (Å²) in [5, 5.41) is 41.6. The minimum atomic E-state index is -1.51. The molecule has 14 heteroatoms. The van der Waals surface area contributed by atoms with Crippen LogP contribution in [0.1, 0.15) is 37.7 Å². The minimum Gasteiger partial charge on any atom is -0.508 e. The number of hydrogen-bond donors (Lipinski definition) is 7. The molecule has 0 bridgehead atoms. The Morgan fingerprint density at radius 3 is 2.14 bits per heavy atom. The lowest BCUT2D eigenvalue weighted by atomic mass is 10.0. The molecule has 8 N–H and O–H groups in total. The molecule has 4 atom stereocenters. The lowest BCUT2D eigenvalue weighted by Crippen LogP contribution is -2.57. The van der Waals surface area contributed by atoms with E-state index in [1.54, 1.807) is 0 Å². The first-order chi connectivity index (χ1) is 17.4. The Labute approximate surface area is 211 Å². The zero-order chi connectivity index (χ0) is 27.7. The third-order valence-electron chi connectivity index (χ3n) is 5.82. The lowest BCUT2D eigenvalue weighted by molar-refractivity contribution is -0.149. The third kappa shape index (κ3) is 8.75. The number of phenols is 1. The molecule has 14 nitrogen and oxygen atoms in total. The number of nitrogens with zero attached hydrogens (tertiary/aromatic N) is 1. The number of rotatable bonds is 13. The number of carboxylic acids is 3. The van der Waals surface area contributed by atoms with Gasteiger partial charge in [0, 0.05) is 19.4 Å². The maximum atomic E-state index is 13.3. The Bertz CT molecular complexity index is 1030. The molecule has 1 fully saturated rings. The highest BCUT2D eigenvalue weighted by Gasteiger charge is 2.38. The first kappa shape index (κ1) is 29.0. The van der Waals surface area contributed by atoms with Gasteiger partial charge in [-0.05, 0) is 37.0 Å². The predicted octanol–water partition coefficient (Wildman–Crippen LogP) is -1.35. The van der Waals surface area contributed by atoms with Crippen molar-refractivity contribution in [2.75, 3.05) is 6.54 Å². The smallest absolute Gasteiger partial charge is 0.326 e. The molecule has 0 saturated carbocycles. The van der Waals surface area contributed by atoms with E-state index in [1.165, 1.54) is 24.3 Å². The van der Waals surface area contributed by atoms with Gasteiger partial charge in [0.25, 0.3) is 0 Å². The van der Waals surface area contributed by atoms with Crippen LogP contribution in [0.4, 0.5) is 0 Å². The van der Waals surface area contributed by atoms with Crippen LogP contribution < -0.4 is 16.4 Å². The van der Waals surface area contributed by atoms with Crippen LogP contribution in [-0.4, -0.2) is 91.7 Å². The highest BCUT2D eigenvalue weighted by molar-refractivity contribution is 5.95. The van der Waals surface area contributed by atoms with Gasteiger partial charge >= 0.3 is 17.9 Å². The van der Waals surface area contributed by atoms with Crippen molar-refractivity contribution < 1.29 is 49.2 Å². The third-order valence-corrected chi connectivity index (χ3v) is 5.82. The monoisotopic (exact) mass is 522 g/mol. The minimum absolute atomic E-state index is 0.0321. The number of carboxylic acid groups (broad SMARTS) is 3. The number of benzene rings is 1. The number of nitrogens with one attached hydrogen (secondary N) is 2. The molecule has 2 rings (SSSR count). The van der Waals surface area contributed by atoms with Crippen molar-refractivity contribution in [2.45, 2.75) is 62.7 Å². The van der Waals surface area contributed by atoms with Crippen LogP contribution in [0.3, 0.4) is 0 Å². The topological polar surface area (TPSA) is 237 Å². The number of amides is 3. The second kappa shape index (κ2) is 13.2. The first-order valence-corrected chi connectivity index (χ1v) is 11.5. The predicted molar refractivity (Wildman–Crippen MR) is 125 cm³/mol. The Kier molecular flexibility index (Phi) is 10.4. The number of aliphatic carboxylic acids is 3. The summed E-state index contributed by atoms with van der Waals surface area (Å²) in [5.41, 5.74) is 6.06. The molecule has 1 aliphatic rings. The number of carbonyl (C=O) groups excluding carboxylic acids is 3. The standard InChI is InChI=1S/C23H30N4O10/c24-14(11-19(31)32)20(33)25-15(7-8-18(29)30)21(34)26-16(10-12-3-5-13(28)6-4-12)22(35)27-9-1-2-17(27)23(36)37/h3-6,14-17,28H,1-2,7-11,24H2,(H,25,33)(H,26,34)(H,29,30)(H,31,32)(H,36,37). The van der Waals surface area contributed by atoms with Gasteiger partial charge in [0.15, 0.2) is 0 Å². The molecule has 3 amide bonds. The highest BCUT2D eigenvalue weighted by Crippen LogP contribution is 2.20. The molecule has 1 heterocycles. The number of carbonyl (C=O) groups is 6. The summed E-state index contributed by atoms with van der Waals surface area (Å²) >= 11 is 0. The maximum absolute atomic E-state index is 13.3. The molecule has 37 heavy (non-hydrogen) atoms. The van der Waals surface area contributed by atoms with Crippen LogP contribution in [0.5, 0.6) is 5.75 Å². The normalized spacial score (nSPS) is 17.3. The van der Waals surface area contributed by atoms with Gasteiger partial charge in [0.1, 0.15) is 23.9 Å². The van der Waals surface area contributed by atoms with E-state index in [0.717, 1.165) is 4.90 Å². The van der Waals surface area contributed by atoms with Crippen LogP contribution in [0.2, 0.25) is 0 Å². The molecular formula is C23H30N4O10. The molecule has 1 aliphatic heterocycles. The fraction of sp³-hybridized carbons (Fsp3) is 0.478. The van der Waals surface area contributed by atoms with Gasteiger partial charge in [0.2, 0.25) is 17.7 Å². The van der Waals surface area contributed by atoms with Crippen molar-refractivity contribution in [3.05, 3.63) is 29.8 Å². The van der Waals surface area contributed by atoms with Crippen molar-refractivity contribution in [1.82, 2.24) is 15.5 Å². The summed E-state index contributed by atoms with van der Waals surface area (Å²) in [4.78, 5) is 73.5. The van der Waals surface area contributed by atoms with Crippen molar-refractivity contribution in [1.29, 1.82) is 0 Å². The summed E-state index contributed by atoms with van der Waals surface area (Å²) in [7, 11) is 0. The summed E-state index contributed by atoms with van der Waals surface area (Å²) in [5.74, 6) is -6.46. The molecule has 202 valence electrons. The lowest BCUT2D eigenvalue weighted by Gasteiger charge is -2.29. The zero-order valence-corrected chi connectivity index (χ0v) is 19.8. The number of phenolic OH excluding ortho intramolecular Hbond substituents is 1. The number of likely N-dealkylation sites (tertiary alicyclic amines) is 1. The van der Waals surface area contributed by atoms with E-state index in [4.69, 9.17) is 15.9 Å². The maximum Gasteiger partial charge on any atom is 0.326 e. The van der Waals surface area contributed by atoms with Gasteiger partial charge in [-0.25, -0.2) is 4.79 Å². The highest BCUT2D eigenvalue weighted by atomic mass is 16.4. The van der Waals surface area contributed by atoms with E-state index in [9.17, 15) is 39.0 Å². The van der Waals surface area contributed by atoms with Gasteiger partial charge in [0.05, 0.1) is 12.5 Å². The number of nitrogens with two attached hydrogens (primary N) is 1. The Morgan fingerprint density at radius 2 is 1.57 bits per heavy atom. The fourth-order valence-electron chi connectivity index (χ4n) is 3.92. The van der Waals surface area contributed by atoms with Crippen molar-refractivity contribution in [3.63, 3.8) is 0 Å². The zero-order valence-electron chi connectivity index (χ0n) is 19.8. The van der Waals surface area contributed by atoms with E-state index in [0.29, 0.717) is 12.0 Å². The molecule has 4 unspecified atom stereocenters. The Hall–Kier alpha value is -4.20. The van der Waals surface area contributed by atoms with E-state index in [1.807, 2.05) is 0 Å². The molecule has 0 radical (unpaired) electrons. The van der Waals surface area contributed by atoms with Crippen molar-refractivity contribution >= 4 is 35.6 Å². The Balaban J connectivity index is 2.28. The number of hydrogen-bond acceptors (Lipinski definition) is 8. The van der Waals surface area contributed by atoms with Crippen LogP contribution >= 0.6 is 0 Å². The van der Waals surface area contributed by atoms with Gasteiger partial charge in [-0.1, -0.05) is 12.1 Å². The average Bonchev–Trinajstić information content (AvgIpc) is 3.31. The molecule has 0 spiro atoms. The van der Waals surface area contributed by atoms with Gasteiger partial charge in [-0.2, -0.15) is 0 Å². The Morgan fingerprint density at radius 1 is 0.946 bits per heavy atom. The van der Waals surface area contributed by atoms with E-state index >= 15 is 0 Å². The van der Waals surface area contributed by atoms with Gasteiger partial charge in [-0.15, -0.1) is 0 Å². The number of aromatic hydroxyl groups is 1. The van der Waals surface area contributed by atoms with Gasteiger partial charge in [-0.3, -0.25) is 24.0 Å². The summed E-state index contributed by atoms with van der Waals surface area (Å²) in [6.07, 6.45) is -1.05. The van der Waals surface area contributed by atoms with Crippen LogP contribution in [0.15, 0.2) is 24.3 Å². The fourth-order valence-corrected chi connectivity index (χ4v) is 3.92. The van der Waals surface area contributed by atoms with E-state index in [-0.39, 0.29) is 31.6 Å². The average molecular weight is 523 g/mol. The quantitative estimate of drug-likeness (QED) is 0.160. The first-order valence-electron chi connectivity index (χ1n) is 11.5. The second-order valence-electron chi connectivity index (χ2n) is 8.66. The molecule has 0 aliphatic carbocycles. The molecule has 1 saturated heterocycles. The summed E-state index contributed by atoms with van der Waals surface area (Å²) in [6, 6.07) is 0.421. The van der Waals surface area contributed by atoms with Gasteiger partial charge < -0.3 is 41.7 Å². The van der Waals surface area contributed by atoms with Crippen molar-refractivity contribution in [2.24, 2.45) is 5.73 Å².